The predicted molar refractivity (Wildman–Crippen MR) is 131 cm³/mol. The molecule has 0 spiro atoms. The van der Waals surface area contributed by atoms with Crippen molar-refractivity contribution < 1.29 is 4.74 Å². The van der Waals surface area contributed by atoms with Crippen LogP contribution in [0, 0.1) is 0 Å². The topological polar surface area (TPSA) is 9.23 Å². The van der Waals surface area contributed by atoms with Crippen molar-refractivity contribution in [3.8, 4) is 5.75 Å². The highest BCUT2D eigenvalue weighted by Gasteiger charge is 2.45. The fourth-order valence-electron chi connectivity index (χ4n) is 3.99. The van der Waals surface area contributed by atoms with Crippen LogP contribution in [0.25, 0.3) is 0 Å². The minimum Gasteiger partial charge on any atom is -0.491 e. The zero-order valence-electron chi connectivity index (χ0n) is 17.6. The molecule has 4 rings (SSSR count). The smallest absolute Gasteiger partial charge is 0.119 e. The second-order valence-corrected chi connectivity index (χ2v) is 11.3. The fraction of sp³-hybridized carbons (Fsp3) is 0.143. The molecule has 0 heterocycles. The molecule has 0 aliphatic heterocycles. The lowest BCUT2D eigenvalue weighted by Gasteiger charge is -2.28. The third-order valence-electron chi connectivity index (χ3n) is 5.31. The van der Waals surface area contributed by atoms with Crippen molar-refractivity contribution in [1.82, 2.24) is 0 Å². The Hall–Kier alpha value is -2.89. The molecule has 0 aromatic heterocycles. The summed E-state index contributed by atoms with van der Waals surface area (Å²) < 4.78 is 5.86. The molecule has 0 fully saturated rings. The Morgan fingerprint density at radius 1 is 0.567 bits per heavy atom. The second-order valence-electron chi connectivity index (χ2n) is 7.79. The summed E-state index contributed by atoms with van der Waals surface area (Å²) in [4.78, 5) is 0. The number of rotatable bonds is 7. The van der Waals surface area contributed by atoms with Gasteiger partial charge in [-0.25, -0.2) is 0 Å². The minimum absolute atomic E-state index is 0.181. The number of ether oxygens (including phenoxy) is 1. The Labute approximate surface area is 180 Å². The molecule has 0 aliphatic carbocycles. The van der Waals surface area contributed by atoms with Gasteiger partial charge in [0.15, 0.2) is 0 Å². The van der Waals surface area contributed by atoms with Gasteiger partial charge in [-0.1, -0.05) is 66.7 Å². The van der Waals surface area contributed by atoms with Gasteiger partial charge in [-0.3, -0.25) is 0 Å². The van der Waals surface area contributed by atoms with Gasteiger partial charge in [0.05, 0.1) is 12.3 Å². The van der Waals surface area contributed by atoms with Crippen molar-refractivity contribution in [1.29, 1.82) is 0 Å². The maximum Gasteiger partial charge on any atom is 0.119 e. The normalized spacial score (nSPS) is 11.4. The third kappa shape index (κ3) is 4.32. The van der Waals surface area contributed by atoms with Gasteiger partial charge in [-0.15, -0.1) is 0 Å². The van der Waals surface area contributed by atoms with Gasteiger partial charge in [-0.2, -0.15) is 0 Å². The van der Waals surface area contributed by atoms with Crippen LogP contribution in [0.1, 0.15) is 19.4 Å². The molecule has 0 bridgehead atoms. The van der Waals surface area contributed by atoms with E-state index in [1.807, 2.05) is 0 Å². The summed E-state index contributed by atoms with van der Waals surface area (Å²) in [7, 11) is -1.86. The monoisotopic (exact) mass is 411 g/mol. The Morgan fingerprint density at radius 2 is 0.967 bits per heavy atom. The van der Waals surface area contributed by atoms with Crippen molar-refractivity contribution >= 4 is 23.2 Å². The van der Waals surface area contributed by atoms with Crippen LogP contribution in [0.15, 0.2) is 115 Å². The number of hydrogen-bond donors (Lipinski definition) is 0. The SMILES string of the molecule is CC(C)Oc1ccc(C[P+](c2ccccc2)(c2ccccc2)c2ccccc2)cc1. The van der Waals surface area contributed by atoms with Gasteiger partial charge < -0.3 is 4.74 Å². The van der Waals surface area contributed by atoms with Gasteiger partial charge in [-0.05, 0) is 67.9 Å². The molecule has 0 unspecified atom stereocenters. The standard InChI is InChI=1S/C28H28OP/c1-23(2)29-25-20-18-24(19-21-25)22-30(26-12-6-3-7-13-26,27-14-8-4-9-15-27)28-16-10-5-11-17-28/h3-21,23H,22H2,1-2H3/q+1. The van der Waals surface area contributed by atoms with Gasteiger partial charge in [0.2, 0.25) is 0 Å². The van der Waals surface area contributed by atoms with E-state index in [1.54, 1.807) is 0 Å². The first kappa shape index (κ1) is 20.4. The Balaban J connectivity index is 1.87. The molecule has 150 valence electrons. The molecule has 30 heavy (non-hydrogen) atoms. The van der Waals surface area contributed by atoms with Crippen molar-refractivity contribution in [2.45, 2.75) is 26.1 Å². The Morgan fingerprint density at radius 3 is 1.33 bits per heavy atom. The van der Waals surface area contributed by atoms with E-state index in [-0.39, 0.29) is 6.10 Å². The third-order valence-corrected chi connectivity index (χ3v) is 9.68. The first-order valence-electron chi connectivity index (χ1n) is 10.5. The van der Waals surface area contributed by atoms with Crippen LogP contribution in [0.5, 0.6) is 5.75 Å². The van der Waals surface area contributed by atoms with E-state index >= 15 is 0 Å². The number of hydrogen-bond acceptors (Lipinski definition) is 1. The fourth-order valence-corrected chi connectivity index (χ4v) is 8.23. The molecule has 0 radical (unpaired) electrons. The first-order chi connectivity index (χ1) is 14.7. The lowest BCUT2D eigenvalue weighted by molar-refractivity contribution is 0.242. The zero-order chi connectivity index (χ0) is 20.8. The van der Waals surface area contributed by atoms with Crippen LogP contribution >= 0.6 is 7.26 Å². The maximum absolute atomic E-state index is 5.86. The molecule has 0 saturated carbocycles. The highest BCUT2D eigenvalue weighted by molar-refractivity contribution is 7.95. The van der Waals surface area contributed by atoms with E-state index in [9.17, 15) is 0 Å². The van der Waals surface area contributed by atoms with Crippen LogP contribution < -0.4 is 20.7 Å². The maximum atomic E-state index is 5.86. The summed E-state index contributed by atoms with van der Waals surface area (Å²) in [5.41, 5.74) is 1.33. The van der Waals surface area contributed by atoms with Gasteiger partial charge >= 0.3 is 0 Å². The lowest BCUT2D eigenvalue weighted by Crippen LogP contribution is -2.32. The zero-order valence-corrected chi connectivity index (χ0v) is 18.5. The molecule has 0 amide bonds. The largest absolute Gasteiger partial charge is 0.491 e. The van der Waals surface area contributed by atoms with E-state index in [0.29, 0.717) is 0 Å². The van der Waals surface area contributed by atoms with Crippen LogP contribution in [-0.4, -0.2) is 6.10 Å². The molecule has 0 saturated heterocycles. The molecule has 1 nitrogen and oxygen atoms in total. The molecular formula is C28H28OP+. The van der Waals surface area contributed by atoms with Crippen LogP contribution in [-0.2, 0) is 6.16 Å². The molecule has 0 aliphatic rings. The predicted octanol–water partition coefficient (Wildman–Crippen LogP) is 5.97. The number of benzene rings is 4. The summed E-state index contributed by atoms with van der Waals surface area (Å²) in [6.45, 7) is 4.12. The van der Waals surface area contributed by atoms with Crippen LogP contribution in [0.2, 0.25) is 0 Å². The lowest BCUT2D eigenvalue weighted by atomic mass is 10.2. The molecule has 4 aromatic rings. The molecule has 4 aromatic carbocycles. The average Bonchev–Trinajstić information content (AvgIpc) is 2.80. The second kappa shape index (κ2) is 9.28. The molecule has 0 N–H and O–H groups in total. The van der Waals surface area contributed by atoms with E-state index in [0.717, 1.165) is 11.9 Å². The minimum atomic E-state index is -1.86. The summed E-state index contributed by atoms with van der Waals surface area (Å²) in [5.74, 6) is 0.928. The van der Waals surface area contributed by atoms with Crippen molar-refractivity contribution in [3.05, 3.63) is 121 Å². The Bertz CT molecular complexity index is 945. The molecular weight excluding hydrogens is 383 g/mol. The van der Waals surface area contributed by atoms with Crippen molar-refractivity contribution in [2.24, 2.45) is 0 Å². The van der Waals surface area contributed by atoms with Gasteiger partial charge in [0.25, 0.3) is 0 Å². The quantitative estimate of drug-likeness (QED) is 0.341. The average molecular weight is 412 g/mol. The summed E-state index contributed by atoms with van der Waals surface area (Å²) >= 11 is 0. The summed E-state index contributed by atoms with van der Waals surface area (Å²) in [6, 6.07) is 41.7. The van der Waals surface area contributed by atoms with E-state index < -0.39 is 7.26 Å². The van der Waals surface area contributed by atoms with Gasteiger partial charge in [0, 0.05) is 0 Å². The highest BCUT2D eigenvalue weighted by Crippen LogP contribution is 2.58. The van der Waals surface area contributed by atoms with E-state index in [2.05, 4.69) is 129 Å². The van der Waals surface area contributed by atoms with Gasteiger partial charge in [0.1, 0.15) is 28.9 Å². The van der Waals surface area contributed by atoms with Crippen molar-refractivity contribution in [3.63, 3.8) is 0 Å². The Kier molecular flexibility index (Phi) is 6.31. The van der Waals surface area contributed by atoms with E-state index in [1.165, 1.54) is 21.5 Å². The van der Waals surface area contributed by atoms with Crippen molar-refractivity contribution in [2.75, 3.05) is 0 Å². The first-order valence-corrected chi connectivity index (χ1v) is 12.5. The summed E-state index contributed by atoms with van der Waals surface area (Å²) in [6.07, 6.45) is 1.16. The van der Waals surface area contributed by atoms with Crippen LogP contribution in [0.4, 0.5) is 0 Å². The highest BCUT2D eigenvalue weighted by atomic mass is 31.2. The molecule has 2 heteroatoms. The van der Waals surface area contributed by atoms with E-state index in [4.69, 9.17) is 4.74 Å². The van der Waals surface area contributed by atoms with Crippen LogP contribution in [0.3, 0.4) is 0 Å². The molecule has 0 atom stereocenters. The summed E-state index contributed by atoms with van der Waals surface area (Å²) in [5, 5.41) is 4.22.